The molecule has 4 rings (SSSR count). The Bertz CT molecular complexity index is 1210. The zero-order valence-electron chi connectivity index (χ0n) is 17.0. The van der Waals surface area contributed by atoms with Crippen molar-refractivity contribution in [1.29, 1.82) is 0 Å². The lowest BCUT2D eigenvalue weighted by molar-refractivity contribution is 0.0783. The molecular formula is C20H24N4O3S2. The molecule has 29 heavy (non-hydrogen) atoms. The van der Waals surface area contributed by atoms with E-state index in [2.05, 4.69) is 9.38 Å². The summed E-state index contributed by atoms with van der Waals surface area (Å²) >= 11 is 1.63. The van der Waals surface area contributed by atoms with Crippen LogP contribution in [-0.4, -0.2) is 48.5 Å². The Kier molecular flexibility index (Phi) is 4.90. The fourth-order valence-corrected chi connectivity index (χ4v) is 5.74. The minimum absolute atomic E-state index is 0.0921. The van der Waals surface area contributed by atoms with E-state index >= 15 is 0 Å². The maximum atomic E-state index is 13.1. The molecule has 1 aliphatic rings. The van der Waals surface area contributed by atoms with Gasteiger partial charge in [-0.15, -0.1) is 11.3 Å². The van der Waals surface area contributed by atoms with E-state index in [4.69, 9.17) is 0 Å². The van der Waals surface area contributed by atoms with Gasteiger partial charge >= 0.3 is 0 Å². The van der Waals surface area contributed by atoms with Crippen LogP contribution in [0.15, 0.2) is 24.4 Å². The highest BCUT2D eigenvalue weighted by molar-refractivity contribution is 7.92. The van der Waals surface area contributed by atoms with Gasteiger partial charge < -0.3 is 4.90 Å². The average Bonchev–Trinajstić information content (AvgIpc) is 3.15. The maximum absolute atomic E-state index is 13.1. The van der Waals surface area contributed by atoms with Crippen molar-refractivity contribution in [1.82, 2.24) is 14.3 Å². The lowest BCUT2D eigenvalue weighted by Crippen LogP contribution is -2.35. The molecule has 154 valence electrons. The topological polar surface area (TPSA) is 75.0 Å². The van der Waals surface area contributed by atoms with Crippen LogP contribution < -0.4 is 4.31 Å². The Hall–Kier alpha value is -2.39. The summed E-state index contributed by atoms with van der Waals surface area (Å²) in [6.45, 7) is 4.94. The number of rotatable bonds is 4. The second-order valence-corrected chi connectivity index (χ2v) is 10.7. The van der Waals surface area contributed by atoms with Crippen LogP contribution in [0.25, 0.3) is 4.96 Å². The highest BCUT2D eigenvalue weighted by Gasteiger charge is 2.25. The van der Waals surface area contributed by atoms with Crippen molar-refractivity contribution in [3.63, 3.8) is 0 Å². The van der Waals surface area contributed by atoms with Crippen LogP contribution in [0.1, 0.15) is 38.6 Å². The standard InChI is InChI=1S/C20H24N4O3S2/c1-13-11-23-18(14(2)21-20(23)28-13)12-22(3)19(25)16-7-8-17-15(10-16)6-5-9-24(17)29(4,26)27/h7-8,10-11H,5-6,9,12H2,1-4H3. The summed E-state index contributed by atoms with van der Waals surface area (Å²) in [6, 6.07) is 5.30. The SMILES string of the molecule is Cc1cn2c(CN(C)C(=O)c3ccc4c(c3)CCCN4S(C)(=O)=O)c(C)nc2s1. The molecule has 1 aliphatic heterocycles. The van der Waals surface area contributed by atoms with Gasteiger partial charge in [-0.2, -0.15) is 0 Å². The van der Waals surface area contributed by atoms with Crippen molar-refractivity contribution in [2.45, 2.75) is 33.2 Å². The molecule has 0 saturated heterocycles. The number of sulfonamides is 1. The van der Waals surface area contributed by atoms with Gasteiger partial charge in [0, 0.05) is 30.2 Å². The van der Waals surface area contributed by atoms with E-state index in [0.717, 1.165) is 34.8 Å². The van der Waals surface area contributed by atoms with Crippen molar-refractivity contribution < 1.29 is 13.2 Å². The Balaban J connectivity index is 1.60. The first-order chi connectivity index (χ1) is 13.6. The van der Waals surface area contributed by atoms with Crippen LogP contribution in [0.4, 0.5) is 5.69 Å². The van der Waals surface area contributed by atoms with E-state index < -0.39 is 10.0 Å². The predicted octanol–water partition coefficient (Wildman–Crippen LogP) is 3.00. The fourth-order valence-electron chi connectivity index (χ4n) is 3.86. The number of nitrogens with zero attached hydrogens (tertiary/aromatic N) is 4. The molecule has 0 radical (unpaired) electrons. The second-order valence-electron chi connectivity index (χ2n) is 7.58. The van der Waals surface area contributed by atoms with Crippen LogP contribution in [0, 0.1) is 13.8 Å². The Morgan fingerprint density at radius 1 is 1.31 bits per heavy atom. The minimum atomic E-state index is -3.32. The number of hydrogen-bond donors (Lipinski definition) is 0. The van der Waals surface area contributed by atoms with Crippen molar-refractivity contribution in [2.75, 3.05) is 24.2 Å². The van der Waals surface area contributed by atoms with Gasteiger partial charge in [0.1, 0.15) is 0 Å². The van der Waals surface area contributed by atoms with Crippen molar-refractivity contribution >= 4 is 37.9 Å². The molecule has 0 bridgehead atoms. The van der Waals surface area contributed by atoms with E-state index in [-0.39, 0.29) is 5.91 Å². The first-order valence-corrected chi connectivity index (χ1v) is 12.1. The van der Waals surface area contributed by atoms with E-state index in [1.807, 2.05) is 26.1 Å². The summed E-state index contributed by atoms with van der Waals surface area (Å²) in [7, 11) is -1.54. The fraction of sp³-hybridized carbons (Fsp3) is 0.400. The number of aromatic nitrogens is 2. The highest BCUT2D eigenvalue weighted by Crippen LogP contribution is 2.30. The number of anilines is 1. The number of carbonyl (C=O) groups is 1. The molecular weight excluding hydrogens is 408 g/mol. The second kappa shape index (κ2) is 7.14. The van der Waals surface area contributed by atoms with Gasteiger partial charge in [-0.1, -0.05) is 0 Å². The van der Waals surface area contributed by atoms with Crippen LogP contribution in [0.3, 0.4) is 0 Å². The first-order valence-electron chi connectivity index (χ1n) is 9.45. The van der Waals surface area contributed by atoms with Gasteiger partial charge in [-0.25, -0.2) is 13.4 Å². The zero-order chi connectivity index (χ0) is 20.9. The number of benzene rings is 1. The molecule has 0 aliphatic carbocycles. The molecule has 3 aromatic rings. The molecule has 1 aromatic carbocycles. The zero-order valence-corrected chi connectivity index (χ0v) is 18.6. The molecule has 0 saturated carbocycles. The molecule has 3 heterocycles. The van der Waals surface area contributed by atoms with Gasteiger partial charge in [0.05, 0.1) is 29.9 Å². The summed E-state index contributed by atoms with van der Waals surface area (Å²) in [4.78, 5) is 21.4. The molecule has 0 atom stereocenters. The quantitative estimate of drug-likeness (QED) is 0.635. The largest absolute Gasteiger partial charge is 0.336 e. The minimum Gasteiger partial charge on any atom is -0.336 e. The number of imidazole rings is 1. The van der Waals surface area contributed by atoms with E-state index in [1.54, 1.807) is 35.4 Å². The van der Waals surface area contributed by atoms with E-state index in [1.165, 1.54) is 15.4 Å². The summed E-state index contributed by atoms with van der Waals surface area (Å²) in [5.74, 6) is -0.0921. The molecule has 0 unspecified atom stereocenters. The monoisotopic (exact) mass is 432 g/mol. The van der Waals surface area contributed by atoms with Crippen LogP contribution in [0.2, 0.25) is 0 Å². The number of thiazole rings is 1. The Morgan fingerprint density at radius 3 is 2.79 bits per heavy atom. The highest BCUT2D eigenvalue weighted by atomic mass is 32.2. The summed E-state index contributed by atoms with van der Waals surface area (Å²) < 4.78 is 27.6. The van der Waals surface area contributed by atoms with Crippen molar-refractivity contribution in [3.8, 4) is 0 Å². The van der Waals surface area contributed by atoms with Gasteiger partial charge in [-0.05, 0) is 50.5 Å². The Labute approximate surface area is 174 Å². The van der Waals surface area contributed by atoms with Gasteiger partial charge in [-0.3, -0.25) is 13.5 Å². The van der Waals surface area contributed by atoms with Crippen LogP contribution >= 0.6 is 11.3 Å². The molecule has 0 fully saturated rings. The smallest absolute Gasteiger partial charge is 0.253 e. The van der Waals surface area contributed by atoms with Crippen molar-refractivity contribution in [3.05, 3.63) is 51.8 Å². The summed E-state index contributed by atoms with van der Waals surface area (Å²) in [5, 5.41) is 0. The lowest BCUT2D eigenvalue weighted by atomic mass is 10.0. The molecule has 2 aromatic heterocycles. The van der Waals surface area contributed by atoms with Crippen LogP contribution in [0.5, 0.6) is 0 Å². The average molecular weight is 433 g/mol. The number of fused-ring (bicyclic) bond motifs is 2. The number of hydrogen-bond acceptors (Lipinski definition) is 5. The number of amides is 1. The number of carbonyl (C=O) groups excluding carboxylic acids is 1. The van der Waals surface area contributed by atoms with Gasteiger partial charge in [0.2, 0.25) is 10.0 Å². The molecule has 7 nitrogen and oxygen atoms in total. The predicted molar refractivity (Wildman–Crippen MR) is 115 cm³/mol. The third kappa shape index (κ3) is 3.64. The normalized spacial score (nSPS) is 14.3. The third-order valence-electron chi connectivity index (χ3n) is 5.28. The summed E-state index contributed by atoms with van der Waals surface area (Å²) in [5.41, 5.74) is 4.07. The molecule has 0 N–H and O–H groups in total. The Morgan fingerprint density at radius 2 is 2.07 bits per heavy atom. The van der Waals surface area contributed by atoms with Gasteiger partial charge in [0.25, 0.3) is 5.91 Å². The third-order valence-corrected chi connectivity index (χ3v) is 7.36. The van der Waals surface area contributed by atoms with E-state index in [0.29, 0.717) is 24.3 Å². The van der Waals surface area contributed by atoms with Gasteiger partial charge in [0.15, 0.2) is 4.96 Å². The lowest BCUT2D eigenvalue weighted by Gasteiger charge is -2.29. The number of aryl methyl sites for hydroxylation is 3. The molecule has 1 amide bonds. The summed E-state index contributed by atoms with van der Waals surface area (Å²) in [6.07, 6.45) is 4.78. The van der Waals surface area contributed by atoms with E-state index in [9.17, 15) is 13.2 Å². The maximum Gasteiger partial charge on any atom is 0.253 e. The van der Waals surface area contributed by atoms with Crippen LogP contribution in [-0.2, 0) is 23.0 Å². The van der Waals surface area contributed by atoms with Crippen molar-refractivity contribution in [2.24, 2.45) is 0 Å². The molecule has 0 spiro atoms. The molecule has 9 heteroatoms. The first kappa shape index (κ1) is 19.9.